The molecular formula is C12H24BN3O5. The van der Waals surface area contributed by atoms with E-state index in [1.54, 1.807) is 14.0 Å². The van der Waals surface area contributed by atoms with Crippen molar-refractivity contribution in [3.63, 3.8) is 0 Å². The molecule has 21 heavy (non-hydrogen) atoms. The Hall–Kier alpha value is -1.16. The van der Waals surface area contributed by atoms with Crippen LogP contribution in [0.5, 0.6) is 0 Å². The van der Waals surface area contributed by atoms with Crippen molar-refractivity contribution in [3.05, 3.63) is 0 Å². The number of hydrogen-bond acceptors (Lipinski definition) is 6. The molecule has 1 amide bonds. The average Bonchev–Trinajstić information content (AvgIpc) is 2.80. The minimum absolute atomic E-state index is 0.181. The zero-order valence-electron chi connectivity index (χ0n) is 12.4. The fourth-order valence-electron chi connectivity index (χ4n) is 2.85. The lowest BCUT2D eigenvalue weighted by molar-refractivity contribution is -0.141. The highest BCUT2D eigenvalue weighted by atomic mass is 16.4. The third-order valence-corrected chi connectivity index (χ3v) is 3.97. The third-order valence-electron chi connectivity index (χ3n) is 3.97. The van der Waals surface area contributed by atoms with Gasteiger partial charge in [0.05, 0.1) is 6.04 Å². The number of nitrogens with one attached hydrogen (secondary N) is 1. The molecule has 1 fully saturated rings. The van der Waals surface area contributed by atoms with Gasteiger partial charge in [0.15, 0.2) is 0 Å². The Bertz CT molecular complexity index is 380. The van der Waals surface area contributed by atoms with Crippen molar-refractivity contribution in [3.8, 4) is 0 Å². The van der Waals surface area contributed by atoms with Gasteiger partial charge in [-0.05, 0) is 19.7 Å². The summed E-state index contributed by atoms with van der Waals surface area (Å²) in [6.07, 6.45) is 1.15. The third kappa shape index (κ3) is 4.67. The second-order valence-electron chi connectivity index (χ2n) is 5.60. The lowest BCUT2D eigenvalue weighted by Gasteiger charge is -2.31. The number of carbonyl (C=O) groups excluding carboxylic acids is 1. The van der Waals surface area contributed by atoms with Gasteiger partial charge in [0.1, 0.15) is 6.04 Å². The molecule has 0 bridgehead atoms. The highest BCUT2D eigenvalue weighted by Crippen LogP contribution is 2.26. The van der Waals surface area contributed by atoms with Gasteiger partial charge in [-0.25, -0.2) is 0 Å². The number of carboxylic acid groups (broad SMARTS) is 1. The lowest BCUT2D eigenvalue weighted by Crippen LogP contribution is -2.49. The van der Waals surface area contributed by atoms with E-state index in [0.717, 1.165) is 0 Å². The fourth-order valence-corrected chi connectivity index (χ4v) is 2.85. The number of carboxylic acids is 1. The number of rotatable bonds is 7. The van der Waals surface area contributed by atoms with Crippen molar-refractivity contribution in [2.75, 3.05) is 13.6 Å². The maximum atomic E-state index is 12.0. The van der Waals surface area contributed by atoms with Crippen molar-refractivity contribution in [1.82, 2.24) is 10.2 Å². The molecule has 1 saturated heterocycles. The normalized spacial score (nSPS) is 26.4. The van der Waals surface area contributed by atoms with Gasteiger partial charge in [0, 0.05) is 25.6 Å². The molecule has 0 radical (unpaired) electrons. The van der Waals surface area contributed by atoms with Gasteiger partial charge in [-0.2, -0.15) is 0 Å². The summed E-state index contributed by atoms with van der Waals surface area (Å²) >= 11 is 0. The number of amides is 1. The highest BCUT2D eigenvalue weighted by molar-refractivity contribution is 6.40. The number of hydrogen-bond donors (Lipinski definition) is 5. The van der Waals surface area contributed by atoms with Crippen LogP contribution in [0, 0.1) is 5.92 Å². The molecule has 0 unspecified atom stereocenters. The van der Waals surface area contributed by atoms with Crippen LogP contribution in [0.4, 0.5) is 0 Å². The number of carbonyl (C=O) groups is 2. The first-order valence-electron chi connectivity index (χ1n) is 7.10. The van der Waals surface area contributed by atoms with E-state index in [4.69, 9.17) is 15.8 Å². The summed E-state index contributed by atoms with van der Waals surface area (Å²) in [6, 6.07) is -1.65. The van der Waals surface area contributed by atoms with E-state index in [1.807, 2.05) is 0 Å². The summed E-state index contributed by atoms with van der Waals surface area (Å²) in [5, 5.41) is 29.9. The van der Waals surface area contributed by atoms with Crippen molar-refractivity contribution in [2.45, 2.75) is 44.2 Å². The summed E-state index contributed by atoms with van der Waals surface area (Å²) in [4.78, 5) is 24.8. The molecule has 0 aliphatic carbocycles. The molecule has 8 nitrogen and oxygen atoms in total. The van der Waals surface area contributed by atoms with Crippen molar-refractivity contribution < 1.29 is 24.7 Å². The Morgan fingerprint density at radius 1 is 1.48 bits per heavy atom. The Labute approximate surface area is 124 Å². The van der Waals surface area contributed by atoms with Crippen LogP contribution in [0.15, 0.2) is 0 Å². The molecule has 0 aromatic heterocycles. The van der Waals surface area contributed by atoms with Crippen LogP contribution in [0.1, 0.15) is 19.8 Å². The first kappa shape index (κ1) is 17.9. The van der Waals surface area contributed by atoms with Crippen LogP contribution in [0.2, 0.25) is 6.32 Å². The van der Waals surface area contributed by atoms with Crippen LogP contribution in [0.25, 0.3) is 0 Å². The maximum absolute atomic E-state index is 12.0. The summed E-state index contributed by atoms with van der Waals surface area (Å²) < 4.78 is 0. The van der Waals surface area contributed by atoms with Crippen molar-refractivity contribution in [2.24, 2.45) is 11.7 Å². The van der Waals surface area contributed by atoms with Crippen molar-refractivity contribution >= 4 is 19.0 Å². The van der Waals surface area contributed by atoms with E-state index in [2.05, 4.69) is 5.32 Å². The molecule has 1 rings (SSSR count). The van der Waals surface area contributed by atoms with Gasteiger partial charge in [0.25, 0.3) is 0 Å². The van der Waals surface area contributed by atoms with Crippen LogP contribution in [0.3, 0.4) is 0 Å². The summed E-state index contributed by atoms with van der Waals surface area (Å²) in [6.45, 7) is 1.98. The van der Waals surface area contributed by atoms with Crippen molar-refractivity contribution in [1.29, 1.82) is 0 Å². The zero-order chi connectivity index (χ0) is 16.2. The number of aliphatic carboxylic acids is 1. The molecule has 0 aromatic carbocycles. The quantitative estimate of drug-likeness (QED) is 0.346. The van der Waals surface area contributed by atoms with Crippen LogP contribution in [-0.4, -0.2) is 70.8 Å². The molecule has 1 aliphatic rings. The zero-order valence-corrected chi connectivity index (χ0v) is 12.4. The van der Waals surface area contributed by atoms with Gasteiger partial charge in [-0.1, -0.05) is 6.42 Å². The van der Waals surface area contributed by atoms with Gasteiger partial charge in [-0.15, -0.1) is 0 Å². The predicted octanol–water partition coefficient (Wildman–Crippen LogP) is -1.91. The first-order valence-corrected chi connectivity index (χ1v) is 7.10. The molecule has 9 heteroatoms. The Morgan fingerprint density at radius 2 is 2.10 bits per heavy atom. The summed E-state index contributed by atoms with van der Waals surface area (Å²) in [7, 11) is 0.223. The standard InChI is InChI=1S/C12H24BN3O5/c1-7(14)11(17)16(2)9-6-15-10(12(18)19)8(9)4-3-5-13(20)21/h7-10,15,20-21H,3-6,14H2,1-2H3,(H,18,19)/t7-,8+,9-,10-/m0/s1. The molecule has 4 atom stereocenters. The SMILES string of the molecule is C[C@H](N)C(=O)N(C)[C@H]1CN[C@H](C(=O)O)[C@@H]1CCCB(O)O. The van der Waals surface area contributed by atoms with E-state index in [0.29, 0.717) is 19.4 Å². The van der Waals surface area contributed by atoms with Gasteiger partial charge < -0.3 is 31.1 Å². The topological polar surface area (TPSA) is 136 Å². The summed E-state index contributed by atoms with van der Waals surface area (Å²) in [5.41, 5.74) is 5.59. The Kier molecular flexibility index (Phi) is 6.60. The Morgan fingerprint density at radius 3 is 2.57 bits per heavy atom. The lowest BCUT2D eigenvalue weighted by atomic mass is 9.80. The second-order valence-corrected chi connectivity index (χ2v) is 5.60. The number of nitrogens with zero attached hydrogens (tertiary/aromatic N) is 1. The molecule has 0 saturated carbocycles. The maximum Gasteiger partial charge on any atom is 0.451 e. The molecule has 120 valence electrons. The van der Waals surface area contributed by atoms with Crippen LogP contribution >= 0.6 is 0 Å². The van der Waals surface area contributed by atoms with Gasteiger partial charge in [-0.3, -0.25) is 9.59 Å². The fraction of sp³-hybridized carbons (Fsp3) is 0.833. The van der Waals surface area contributed by atoms with E-state index >= 15 is 0 Å². The first-order chi connectivity index (χ1) is 9.75. The van der Waals surface area contributed by atoms with Crippen LogP contribution in [-0.2, 0) is 9.59 Å². The molecule has 1 heterocycles. The van der Waals surface area contributed by atoms with E-state index in [9.17, 15) is 14.7 Å². The van der Waals surface area contributed by atoms with Gasteiger partial charge >= 0.3 is 13.1 Å². The monoisotopic (exact) mass is 301 g/mol. The average molecular weight is 301 g/mol. The largest absolute Gasteiger partial charge is 0.480 e. The van der Waals surface area contributed by atoms with Crippen LogP contribution < -0.4 is 11.1 Å². The molecule has 0 spiro atoms. The minimum Gasteiger partial charge on any atom is -0.480 e. The second kappa shape index (κ2) is 7.74. The summed E-state index contributed by atoms with van der Waals surface area (Å²) in [5.74, 6) is -1.48. The Balaban J connectivity index is 2.76. The van der Waals surface area contributed by atoms with E-state index in [1.165, 1.54) is 4.90 Å². The van der Waals surface area contributed by atoms with E-state index in [-0.39, 0.29) is 24.2 Å². The predicted molar refractivity (Wildman–Crippen MR) is 77.4 cm³/mol. The molecular weight excluding hydrogens is 277 g/mol. The number of likely N-dealkylation sites (N-methyl/N-ethyl adjacent to an activating group) is 1. The number of nitrogens with two attached hydrogens (primary N) is 1. The van der Waals surface area contributed by atoms with E-state index < -0.39 is 25.2 Å². The molecule has 1 aliphatic heterocycles. The van der Waals surface area contributed by atoms with Gasteiger partial charge in [0.2, 0.25) is 5.91 Å². The smallest absolute Gasteiger partial charge is 0.451 e. The highest BCUT2D eigenvalue weighted by Gasteiger charge is 2.43. The molecule has 6 N–H and O–H groups in total. The minimum atomic E-state index is -1.40. The molecule has 0 aromatic rings.